The molecule has 0 atom stereocenters. The third kappa shape index (κ3) is 17.7. The molecule has 0 radical (unpaired) electrons. The van der Waals surface area contributed by atoms with E-state index in [1.165, 1.54) is 0 Å². The fraction of sp³-hybridized carbons (Fsp3) is 0. The van der Waals surface area contributed by atoms with Gasteiger partial charge in [0.15, 0.2) is 0 Å². The van der Waals surface area contributed by atoms with Gasteiger partial charge in [-0.3, -0.25) is 0 Å². The van der Waals surface area contributed by atoms with E-state index in [9.17, 15) is 0 Å². The minimum atomic E-state index is 0. The summed E-state index contributed by atoms with van der Waals surface area (Å²) in [6.45, 7) is 0. The van der Waals surface area contributed by atoms with Gasteiger partial charge in [-0.15, -0.1) is 0 Å². The smallest absolute Gasteiger partial charge is 0.344 e. The fourth-order valence-corrected chi connectivity index (χ4v) is 0. The number of rotatable bonds is 0. The molecule has 5 heteroatoms. The molecule has 0 saturated carbocycles. The minimum absolute atomic E-state index is 0. The zero-order valence-electron chi connectivity index (χ0n) is 4.12. The van der Waals surface area contributed by atoms with Crippen LogP contribution in [0.3, 0.4) is 0 Å². The first-order valence-electron chi connectivity index (χ1n) is 0. The molecular weight excluding hydrogens is 140 g/mol. The molecule has 0 spiro atoms. The molecule has 5 heavy (non-hydrogen) atoms. The van der Waals surface area contributed by atoms with Gasteiger partial charge in [-0.05, 0) is 0 Å². The van der Waals surface area contributed by atoms with E-state index in [-0.39, 0.29) is 148 Å². The topological polar surface area (TPSA) is 35.0 Å². The van der Waals surface area contributed by atoms with Crippen molar-refractivity contribution in [3.63, 3.8) is 0 Å². The minimum Gasteiger partial charge on any atom is -0.344 e. The van der Waals surface area contributed by atoms with Crippen molar-refractivity contribution < 1.29 is 80.9 Å². The molecule has 0 aliphatic heterocycles. The van der Waals surface area contributed by atoms with Gasteiger partial charge in [-0.25, -0.2) is 0 Å². The summed E-state index contributed by atoms with van der Waals surface area (Å²) in [6.07, 6.45) is 0. The molecule has 0 aromatic rings. The zero-order valence-corrected chi connectivity index (χ0v) is 12.9. The van der Waals surface area contributed by atoms with Crippen molar-refractivity contribution in [2.24, 2.45) is 0 Å². The average Bonchev–Trinajstić information content (AvgIpc) is 0. The molecular formula is H3CaKMgNNa+6. The van der Waals surface area contributed by atoms with E-state index < -0.39 is 0 Å². The molecule has 1 nitrogen and oxygen atoms in total. The second kappa shape index (κ2) is 23.4. The van der Waals surface area contributed by atoms with E-state index in [1.54, 1.807) is 0 Å². The van der Waals surface area contributed by atoms with Gasteiger partial charge in [-0.1, -0.05) is 0 Å². The predicted octanol–water partition coefficient (Wildman–Crippen LogP) is -6.59. The molecule has 0 aliphatic carbocycles. The Bertz CT molecular complexity index is 11.6. The van der Waals surface area contributed by atoms with Crippen LogP contribution in [0.4, 0.5) is 0 Å². The summed E-state index contributed by atoms with van der Waals surface area (Å²) in [4.78, 5) is 0. The maximum atomic E-state index is 0. The summed E-state index contributed by atoms with van der Waals surface area (Å²) >= 11 is 0. The Labute approximate surface area is 143 Å². The standard InChI is InChI=1S/Ca.K.Mg.H3N.Na/h;;;1H3;/q+2;+1;+2;;+1. The Kier molecular flexibility index (Phi) is 157. The van der Waals surface area contributed by atoms with Crippen LogP contribution in [0.15, 0.2) is 0 Å². The quantitative estimate of drug-likeness (QED) is 0.336. The van der Waals surface area contributed by atoms with E-state index in [1.807, 2.05) is 0 Å². The van der Waals surface area contributed by atoms with Crippen molar-refractivity contribution in [3.8, 4) is 0 Å². The number of hydrogen-bond donors (Lipinski definition) is 1. The van der Waals surface area contributed by atoms with Crippen LogP contribution in [0.5, 0.6) is 0 Å². The van der Waals surface area contributed by atoms with Crippen LogP contribution >= 0.6 is 0 Å². The van der Waals surface area contributed by atoms with Gasteiger partial charge in [0, 0.05) is 0 Å². The molecule has 0 fully saturated rings. The van der Waals surface area contributed by atoms with Crippen molar-refractivity contribution in [3.05, 3.63) is 0 Å². The molecule has 0 amide bonds. The van der Waals surface area contributed by atoms with Gasteiger partial charge in [0.05, 0.1) is 0 Å². The monoisotopic (exact) mass is 143 g/mol. The second-order valence-electron chi connectivity index (χ2n) is 0. The first kappa shape index (κ1) is 33.5. The molecule has 0 saturated heterocycles. The molecule has 0 unspecified atom stereocenters. The van der Waals surface area contributed by atoms with E-state index in [0.717, 1.165) is 0 Å². The summed E-state index contributed by atoms with van der Waals surface area (Å²) in [5.41, 5.74) is 0. The maximum Gasteiger partial charge on any atom is 2.00 e. The summed E-state index contributed by atoms with van der Waals surface area (Å²) in [5, 5.41) is 0. The van der Waals surface area contributed by atoms with E-state index >= 15 is 0 Å². The van der Waals surface area contributed by atoms with E-state index in [2.05, 4.69) is 0 Å². The summed E-state index contributed by atoms with van der Waals surface area (Å²) in [7, 11) is 0. The van der Waals surface area contributed by atoms with Crippen LogP contribution < -0.4 is 87.1 Å². The third-order valence-corrected chi connectivity index (χ3v) is 0. The first-order valence-corrected chi connectivity index (χ1v) is 0. The number of hydrogen-bond acceptors (Lipinski definition) is 1. The van der Waals surface area contributed by atoms with Gasteiger partial charge < -0.3 is 6.15 Å². The molecule has 0 aromatic carbocycles. The second-order valence-corrected chi connectivity index (χ2v) is 0. The zero-order chi connectivity index (χ0) is 0. The van der Waals surface area contributed by atoms with Gasteiger partial charge in [0.25, 0.3) is 0 Å². The Morgan fingerprint density at radius 1 is 1.00 bits per heavy atom. The van der Waals surface area contributed by atoms with Crippen LogP contribution in [-0.4, -0.2) is 60.8 Å². The maximum absolute atomic E-state index is 0. The SMILES string of the molecule is N.[Ca+2].[K+].[Mg+2].[Na+]. The Morgan fingerprint density at radius 2 is 1.00 bits per heavy atom. The molecule has 0 heterocycles. The Hall–Kier alpha value is 4.62. The van der Waals surface area contributed by atoms with E-state index in [0.29, 0.717) is 0 Å². The Balaban J connectivity index is 0. The van der Waals surface area contributed by atoms with Gasteiger partial charge in [0.1, 0.15) is 0 Å². The molecule has 0 rings (SSSR count). The van der Waals surface area contributed by atoms with Crippen LogP contribution in [0.25, 0.3) is 0 Å². The van der Waals surface area contributed by atoms with E-state index in [4.69, 9.17) is 0 Å². The summed E-state index contributed by atoms with van der Waals surface area (Å²) in [6, 6.07) is 0. The van der Waals surface area contributed by atoms with Crippen molar-refractivity contribution in [1.82, 2.24) is 6.15 Å². The molecule has 0 aliphatic rings. The molecule has 0 bridgehead atoms. The third-order valence-electron chi connectivity index (χ3n) is 0. The molecule has 0 aromatic heterocycles. The van der Waals surface area contributed by atoms with Crippen LogP contribution in [0.2, 0.25) is 0 Å². The normalized spacial score (nSPS) is 0. The Morgan fingerprint density at radius 3 is 1.00 bits per heavy atom. The van der Waals surface area contributed by atoms with Crippen molar-refractivity contribution in [1.29, 1.82) is 0 Å². The van der Waals surface area contributed by atoms with Crippen molar-refractivity contribution in [2.75, 3.05) is 0 Å². The predicted molar refractivity (Wildman–Crippen MR) is 16.5 cm³/mol. The van der Waals surface area contributed by atoms with Crippen LogP contribution in [0.1, 0.15) is 0 Å². The van der Waals surface area contributed by atoms with Crippen molar-refractivity contribution >= 4 is 60.8 Å². The summed E-state index contributed by atoms with van der Waals surface area (Å²) < 4.78 is 0. The van der Waals surface area contributed by atoms with Gasteiger partial charge in [0.2, 0.25) is 0 Å². The van der Waals surface area contributed by atoms with Crippen LogP contribution in [0, 0.1) is 0 Å². The van der Waals surface area contributed by atoms with Gasteiger partial charge in [-0.2, -0.15) is 0 Å². The largest absolute Gasteiger partial charge is 2.00 e. The summed E-state index contributed by atoms with van der Waals surface area (Å²) in [5.74, 6) is 0. The van der Waals surface area contributed by atoms with Gasteiger partial charge >= 0.3 is 142 Å². The van der Waals surface area contributed by atoms with Crippen molar-refractivity contribution in [2.45, 2.75) is 0 Å². The fourth-order valence-electron chi connectivity index (χ4n) is 0. The first-order chi connectivity index (χ1) is 0. The molecule has 8 valence electrons. The van der Waals surface area contributed by atoms with Crippen LogP contribution in [-0.2, 0) is 0 Å². The molecule has 3 N–H and O–H groups in total. The average molecular weight is 144 g/mol.